The molecule has 104 valence electrons. The number of nitrogens with two attached hydrogens (primary N) is 1. The molecule has 18 heavy (non-hydrogen) atoms. The van der Waals surface area contributed by atoms with Crippen LogP contribution < -0.4 is 5.73 Å². The minimum Gasteiger partial charge on any atom is -0.465 e. The van der Waals surface area contributed by atoms with E-state index in [1.54, 1.807) is 6.92 Å². The normalized spacial score (nSPS) is 23.2. The molecule has 0 bridgehead atoms. The Labute approximate surface area is 107 Å². The highest BCUT2D eigenvalue weighted by atomic mass is 16.5. The van der Waals surface area contributed by atoms with E-state index in [0.717, 1.165) is 0 Å². The van der Waals surface area contributed by atoms with E-state index in [1.807, 2.05) is 13.8 Å². The molecule has 6 heteroatoms. The maximum atomic E-state index is 12.3. The lowest BCUT2D eigenvalue weighted by Gasteiger charge is -2.29. The number of esters is 1. The molecule has 0 spiro atoms. The Kier molecular flexibility index (Phi) is 5.55. The second-order valence-corrected chi connectivity index (χ2v) is 4.67. The van der Waals surface area contributed by atoms with Crippen molar-refractivity contribution in [3.8, 4) is 0 Å². The van der Waals surface area contributed by atoms with E-state index in [0.29, 0.717) is 19.8 Å². The van der Waals surface area contributed by atoms with E-state index < -0.39 is 5.97 Å². The van der Waals surface area contributed by atoms with Gasteiger partial charge >= 0.3 is 5.97 Å². The lowest BCUT2D eigenvalue weighted by molar-refractivity contribution is -0.151. The first-order valence-electron chi connectivity index (χ1n) is 6.26. The van der Waals surface area contributed by atoms with Crippen molar-refractivity contribution in [3.05, 3.63) is 0 Å². The van der Waals surface area contributed by atoms with Crippen molar-refractivity contribution in [2.24, 2.45) is 11.7 Å². The summed E-state index contributed by atoms with van der Waals surface area (Å²) in [5, 5.41) is 0. The molecule has 0 aromatic heterocycles. The Bertz CT molecular complexity index is 306. The zero-order valence-corrected chi connectivity index (χ0v) is 11.2. The molecule has 1 aliphatic rings. The molecule has 0 radical (unpaired) electrons. The lowest BCUT2D eigenvalue weighted by Crippen LogP contribution is -2.48. The van der Waals surface area contributed by atoms with Crippen LogP contribution in [0.25, 0.3) is 0 Å². The fraction of sp³-hybridized carbons (Fsp3) is 0.833. The van der Waals surface area contributed by atoms with E-state index in [4.69, 9.17) is 15.2 Å². The average Bonchev–Trinajstić information content (AvgIpc) is 2.71. The summed E-state index contributed by atoms with van der Waals surface area (Å²) in [6, 6.07) is -0.365. The molecular formula is C12H22N2O4. The Morgan fingerprint density at radius 3 is 2.56 bits per heavy atom. The number of hydrogen-bond acceptors (Lipinski definition) is 5. The topological polar surface area (TPSA) is 81.9 Å². The van der Waals surface area contributed by atoms with E-state index in [2.05, 4.69) is 0 Å². The van der Waals surface area contributed by atoms with Crippen molar-refractivity contribution in [1.82, 2.24) is 4.90 Å². The fourth-order valence-electron chi connectivity index (χ4n) is 1.90. The molecule has 2 atom stereocenters. The van der Waals surface area contributed by atoms with Gasteiger partial charge in [-0.2, -0.15) is 0 Å². The molecule has 1 heterocycles. The second-order valence-electron chi connectivity index (χ2n) is 4.67. The van der Waals surface area contributed by atoms with Gasteiger partial charge in [-0.15, -0.1) is 0 Å². The number of amides is 1. The third kappa shape index (κ3) is 3.68. The van der Waals surface area contributed by atoms with Gasteiger partial charge in [-0.05, 0) is 20.8 Å². The summed E-state index contributed by atoms with van der Waals surface area (Å²) in [5.74, 6) is -0.892. The Morgan fingerprint density at radius 2 is 2.11 bits per heavy atom. The summed E-state index contributed by atoms with van der Waals surface area (Å²) in [4.78, 5) is 25.3. The van der Waals surface area contributed by atoms with Crippen molar-refractivity contribution >= 4 is 11.9 Å². The summed E-state index contributed by atoms with van der Waals surface area (Å²) >= 11 is 0. The SMILES string of the molecule is CCOC(=O)CN(C(=O)C1COCC1N)C(C)C. The predicted molar refractivity (Wildman–Crippen MR) is 65.8 cm³/mol. The van der Waals surface area contributed by atoms with E-state index in [1.165, 1.54) is 4.90 Å². The van der Waals surface area contributed by atoms with Crippen molar-refractivity contribution < 1.29 is 19.1 Å². The summed E-state index contributed by atoms with van der Waals surface area (Å²) in [7, 11) is 0. The highest BCUT2D eigenvalue weighted by Gasteiger charge is 2.35. The van der Waals surface area contributed by atoms with Crippen molar-refractivity contribution in [3.63, 3.8) is 0 Å². The van der Waals surface area contributed by atoms with Gasteiger partial charge in [-0.1, -0.05) is 0 Å². The first kappa shape index (κ1) is 14.9. The molecule has 1 rings (SSSR count). The smallest absolute Gasteiger partial charge is 0.325 e. The Morgan fingerprint density at radius 1 is 1.44 bits per heavy atom. The van der Waals surface area contributed by atoms with Crippen molar-refractivity contribution in [2.75, 3.05) is 26.4 Å². The van der Waals surface area contributed by atoms with Crippen LogP contribution in [-0.4, -0.2) is 55.2 Å². The lowest BCUT2D eigenvalue weighted by atomic mass is 10.0. The molecule has 2 N–H and O–H groups in total. The van der Waals surface area contributed by atoms with E-state index >= 15 is 0 Å². The minimum absolute atomic E-state index is 0.0342. The van der Waals surface area contributed by atoms with Crippen LogP contribution in [0.5, 0.6) is 0 Å². The zero-order valence-electron chi connectivity index (χ0n) is 11.2. The molecule has 1 amide bonds. The van der Waals surface area contributed by atoms with E-state index in [9.17, 15) is 9.59 Å². The molecule has 0 aromatic carbocycles. The predicted octanol–water partition coefficient (Wildman–Crippen LogP) is -0.240. The van der Waals surface area contributed by atoms with E-state index in [-0.39, 0.29) is 30.5 Å². The van der Waals surface area contributed by atoms with Gasteiger partial charge in [0.1, 0.15) is 6.54 Å². The number of hydrogen-bond donors (Lipinski definition) is 1. The third-order valence-corrected chi connectivity index (χ3v) is 2.95. The molecule has 1 aliphatic heterocycles. The summed E-state index contributed by atoms with van der Waals surface area (Å²) in [6.45, 7) is 6.45. The number of rotatable bonds is 5. The number of carbonyl (C=O) groups is 2. The Hall–Kier alpha value is -1.14. The summed E-state index contributed by atoms with van der Waals surface area (Å²) in [5.41, 5.74) is 5.82. The van der Waals surface area contributed by atoms with Crippen LogP contribution in [0.3, 0.4) is 0 Å². The largest absolute Gasteiger partial charge is 0.465 e. The molecule has 1 fully saturated rings. The average molecular weight is 258 g/mol. The monoisotopic (exact) mass is 258 g/mol. The molecular weight excluding hydrogens is 236 g/mol. The first-order chi connectivity index (χ1) is 8.47. The standard InChI is InChI=1S/C12H22N2O4/c1-4-18-11(15)5-14(8(2)3)12(16)9-6-17-7-10(9)13/h8-10H,4-7,13H2,1-3H3. The number of carbonyl (C=O) groups excluding carboxylic acids is 2. The highest BCUT2D eigenvalue weighted by Crippen LogP contribution is 2.16. The van der Waals surface area contributed by atoms with Crippen molar-refractivity contribution in [1.29, 1.82) is 0 Å². The molecule has 1 saturated heterocycles. The van der Waals surface area contributed by atoms with Gasteiger partial charge in [0.25, 0.3) is 0 Å². The molecule has 6 nitrogen and oxygen atoms in total. The summed E-state index contributed by atoms with van der Waals surface area (Å²) in [6.07, 6.45) is 0. The number of ether oxygens (including phenoxy) is 2. The number of nitrogens with zero attached hydrogens (tertiary/aromatic N) is 1. The quantitative estimate of drug-likeness (QED) is 0.688. The van der Waals surface area contributed by atoms with Gasteiger partial charge in [0.15, 0.2) is 0 Å². The van der Waals surface area contributed by atoms with Gasteiger partial charge in [-0.3, -0.25) is 9.59 Å². The highest BCUT2D eigenvalue weighted by molar-refractivity contribution is 5.84. The van der Waals surface area contributed by atoms with Gasteiger partial charge in [0, 0.05) is 12.1 Å². The fourth-order valence-corrected chi connectivity index (χ4v) is 1.90. The van der Waals surface area contributed by atoms with Gasteiger partial charge in [0.2, 0.25) is 5.91 Å². The van der Waals surface area contributed by atoms with Crippen LogP contribution in [0.1, 0.15) is 20.8 Å². The maximum Gasteiger partial charge on any atom is 0.325 e. The second kappa shape index (κ2) is 6.70. The third-order valence-electron chi connectivity index (χ3n) is 2.95. The van der Waals surface area contributed by atoms with Crippen molar-refractivity contribution in [2.45, 2.75) is 32.9 Å². The first-order valence-corrected chi connectivity index (χ1v) is 6.26. The van der Waals surface area contributed by atoms with Crippen LogP contribution in [0.4, 0.5) is 0 Å². The summed E-state index contributed by atoms with van der Waals surface area (Å²) < 4.78 is 10.1. The van der Waals surface area contributed by atoms with Crippen LogP contribution in [0.2, 0.25) is 0 Å². The Balaban J connectivity index is 2.66. The van der Waals surface area contributed by atoms with Gasteiger partial charge in [0.05, 0.1) is 25.7 Å². The zero-order chi connectivity index (χ0) is 13.7. The maximum absolute atomic E-state index is 12.3. The molecule has 0 aromatic rings. The van der Waals surface area contributed by atoms with Crippen LogP contribution >= 0.6 is 0 Å². The van der Waals surface area contributed by atoms with Gasteiger partial charge < -0.3 is 20.1 Å². The molecule has 2 unspecified atom stereocenters. The minimum atomic E-state index is -0.396. The van der Waals surface area contributed by atoms with Crippen LogP contribution in [-0.2, 0) is 19.1 Å². The van der Waals surface area contributed by atoms with Crippen LogP contribution in [0.15, 0.2) is 0 Å². The molecule has 0 saturated carbocycles. The molecule has 0 aliphatic carbocycles. The van der Waals surface area contributed by atoms with Gasteiger partial charge in [-0.25, -0.2) is 0 Å². The van der Waals surface area contributed by atoms with Crippen LogP contribution in [0, 0.1) is 5.92 Å².